The molecular formula is C17H26N4O3. The summed E-state index contributed by atoms with van der Waals surface area (Å²) in [7, 11) is 1.56. The minimum atomic E-state index is -0.0672. The Labute approximate surface area is 142 Å². The summed E-state index contributed by atoms with van der Waals surface area (Å²) in [6.07, 6.45) is 3.81. The van der Waals surface area contributed by atoms with Gasteiger partial charge in [0, 0.05) is 62.9 Å². The van der Waals surface area contributed by atoms with Crippen molar-refractivity contribution in [2.24, 2.45) is 0 Å². The zero-order valence-corrected chi connectivity index (χ0v) is 14.4. The summed E-state index contributed by atoms with van der Waals surface area (Å²) in [6, 6.07) is 4.20. The average Bonchev–Trinajstić information content (AvgIpc) is 2.62. The summed E-state index contributed by atoms with van der Waals surface area (Å²) in [5.41, 5.74) is 0.700. The minimum absolute atomic E-state index is 0.0672. The molecule has 0 saturated carbocycles. The second kappa shape index (κ2) is 7.81. The van der Waals surface area contributed by atoms with Crippen LogP contribution >= 0.6 is 0 Å². The molecule has 1 N–H and O–H groups in total. The molecule has 3 rings (SSSR count). The van der Waals surface area contributed by atoms with Crippen molar-refractivity contribution in [2.45, 2.75) is 31.8 Å². The maximum atomic E-state index is 12.6. The number of nitrogens with zero attached hydrogens (tertiary/aromatic N) is 3. The van der Waals surface area contributed by atoms with E-state index in [-0.39, 0.29) is 12.1 Å². The summed E-state index contributed by atoms with van der Waals surface area (Å²) < 4.78 is 10.5. The minimum Gasteiger partial charge on any atom is -0.481 e. The van der Waals surface area contributed by atoms with Gasteiger partial charge in [-0.2, -0.15) is 0 Å². The fraction of sp³-hybridized carbons (Fsp3) is 0.647. The third-order valence-corrected chi connectivity index (χ3v) is 4.82. The molecule has 1 aromatic rings. The molecular weight excluding hydrogens is 308 g/mol. The van der Waals surface area contributed by atoms with Crippen LogP contribution in [0.25, 0.3) is 0 Å². The monoisotopic (exact) mass is 334 g/mol. The Morgan fingerprint density at radius 2 is 2.17 bits per heavy atom. The number of carbonyl (C=O) groups excluding carboxylic acids is 1. The molecule has 0 spiro atoms. The number of hydrogen-bond acceptors (Lipinski definition) is 5. The molecule has 2 saturated heterocycles. The lowest BCUT2D eigenvalue weighted by molar-refractivity contribution is 0.00816. The van der Waals surface area contributed by atoms with Gasteiger partial charge >= 0.3 is 6.03 Å². The number of piperazine rings is 1. The summed E-state index contributed by atoms with van der Waals surface area (Å²) in [6.45, 7) is 6.39. The van der Waals surface area contributed by atoms with Gasteiger partial charge in [-0.1, -0.05) is 0 Å². The predicted molar refractivity (Wildman–Crippen MR) is 91.4 cm³/mol. The van der Waals surface area contributed by atoms with E-state index in [9.17, 15) is 4.79 Å². The van der Waals surface area contributed by atoms with Crippen molar-refractivity contribution in [3.63, 3.8) is 0 Å². The van der Waals surface area contributed by atoms with Crippen molar-refractivity contribution in [3.8, 4) is 5.88 Å². The Bertz CT molecular complexity index is 563. The third kappa shape index (κ3) is 3.96. The number of nitrogens with one attached hydrogen (secondary N) is 1. The van der Waals surface area contributed by atoms with Gasteiger partial charge in [0.15, 0.2) is 0 Å². The third-order valence-electron chi connectivity index (χ3n) is 4.82. The van der Waals surface area contributed by atoms with Crippen LogP contribution in [0.5, 0.6) is 5.88 Å². The van der Waals surface area contributed by atoms with Crippen LogP contribution in [0.2, 0.25) is 0 Å². The van der Waals surface area contributed by atoms with Crippen LogP contribution in [0.1, 0.15) is 19.8 Å². The number of pyridine rings is 1. The molecule has 0 radical (unpaired) electrons. The van der Waals surface area contributed by atoms with Crippen molar-refractivity contribution in [3.05, 3.63) is 18.3 Å². The first-order valence-electron chi connectivity index (χ1n) is 8.57. The molecule has 0 bridgehead atoms. The fourth-order valence-corrected chi connectivity index (χ4v) is 3.46. The topological polar surface area (TPSA) is 66.9 Å². The zero-order chi connectivity index (χ0) is 16.9. The lowest BCUT2D eigenvalue weighted by Gasteiger charge is -2.44. The highest BCUT2D eigenvalue weighted by molar-refractivity contribution is 5.89. The van der Waals surface area contributed by atoms with Gasteiger partial charge in [0.1, 0.15) is 0 Å². The van der Waals surface area contributed by atoms with E-state index in [1.54, 1.807) is 25.4 Å². The number of ether oxygens (including phenoxy) is 2. The predicted octanol–water partition coefficient (Wildman–Crippen LogP) is 1.81. The van der Waals surface area contributed by atoms with Gasteiger partial charge in [-0.05, 0) is 25.8 Å². The summed E-state index contributed by atoms with van der Waals surface area (Å²) in [5.74, 6) is 0.491. The number of amides is 2. The van der Waals surface area contributed by atoms with Crippen molar-refractivity contribution in [2.75, 3.05) is 45.3 Å². The zero-order valence-electron chi connectivity index (χ0n) is 14.4. The number of methoxy groups -OCH3 is 1. The highest BCUT2D eigenvalue weighted by Crippen LogP contribution is 2.20. The van der Waals surface area contributed by atoms with Gasteiger partial charge in [-0.15, -0.1) is 0 Å². The molecule has 0 unspecified atom stereocenters. The molecule has 1 atom stereocenters. The number of anilines is 1. The smallest absolute Gasteiger partial charge is 0.322 e. The van der Waals surface area contributed by atoms with E-state index in [0.29, 0.717) is 17.6 Å². The highest BCUT2D eigenvalue weighted by atomic mass is 16.5. The number of carbonyl (C=O) groups is 1. The first kappa shape index (κ1) is 17.0. The standard InChI is InChI=1S/C17H26N4O3/c1-13-12-20(15-4-9-24-10-5-15)7-8-21(13)17(22)19-14-3-6-18-16(11-14)23-2/h3,6,11,13,15H,4-5,7-10,12H2,1-2H3,(H,18,19,22)/t13-/m1/s1. The van der Waals surface area contributed by atoms with Crippen LogP contribution in [0.15, 0.2) is 18.3 Å². The Morgan fingerprint density at radius 1 is 1.38 bits per heavy atom. The lowest BCUT2D eigenvalue weighted by Crippen LogP contribution is -2.58. The van der Waals surface area contributed by atoms with Crippen LogP contribution in [0.4, 0.5) is 10.5 Å². The maximum absolute atomic E-state index is 12.6. The van der Waals surface area contributed by atoms with Gasteiger partial charge in [0.25, 0.3) is 0 Å². The van der Waals surface area contributed by atoms with Crippen LogP contribution < -0.4 is 10.1 Å². The van der Waals surface area contributed by atoms with E-state index >= 15 is 0 Å². The molecule has 2 aliphatic heterocycles. The molecule has 1 aromatic heterocycles. The van der Waals surface area contributed by atoms with Crippen LogP contribution in [0.3, 0.4) is 0 Å². The van der Waals surface area contributed by atoms with Gasteiger partial charge < -0.3 is 19.7 Å². The summed E-state index contributed by atoms with van der Waals surface area (Å²) >= 11 is 0. The quantitative estimate of drug-likeness (QED) is 0.913. The fourth-order valence-electron chi connectivity index (χ4n) is 3.46. The van der Waals surface area contributed by atoms with E-state index in [2.05, 4.69) is 22.1 Å². The Balaban J connectivity index is 1.56. The molecule has 2 fully saturated rings. The van der Waals surface area contributed by atoms with Gasteiger partial charge in [-0.25, -0.2) is 9.78 Å². The number of hydrogen-bond donors (Lipinski definition) is 1. The molecule has 0 aromatic carbocycles. The Morgan fingerprint density at radius 3 is 2.88 bits per heavy atom. The normalized spacial score (nSPS) is 23.1. The summed E-state index contributed by atoms with van der Waals surface area (Å²) in [4.78, 5) is 21.0. The second-order valence-electron chi connectivity index (χ2n) is 6.40. The maximum Gasteiger partial charge on any atom is 0.322 e. The first-order chi connectivity index (χ1) is 11.7. The van der Waals surface area contributed by atoms with Gasteiger partial charge in [0.2, 0.25) is 5.88 Å². The molecule has 2 amide bonds. The number of aromatic nitrogens is 1. The van der Waals surface area contributed by atoms with Crippen molar-refractivity contribution in [1.82, 2.24) is 14.8 Å². The van der Waals surface area contributed by atoms with E-state index in [1.807, 2.05) is 4.90 Å². The van der Waals surface area contributed by atoms with Crippen molar-refractivity contribution >= 4 is 11.7 Å². The molecule has 3 heterocycles. The first-order valence-corrected chi connectivity index (χ1v) is 8.57. The Kier molecular flexibility index (Phi) is 5.52. The number of rotatable bonds is 3. The molecule has 7 heteroatoms. The van der Waals surface area contributed by atoms with Crippen molar-refractivity contribution in [1.29, 1.82) is 0 Å². The van der Waals surface area contributed by atoms with E-state index in [0.717, 1.165) is 45.7 Å². The molecule has 2 aliphatic rings. The lowest BCUT2D eigenvalue weighted by atomic mass is 10.0. The molecule has 7 nitrogen and oxygen atoms in total. The van der Waals surface area contributed by atoms with E-state index in [1.165, 1.54) is 0 Å². The largest absolute Gasteiger partial charge is 0.481 e. The summed E-state index contributed by atoms with van der Waals surface area (Å²) in [5, 5.41) is 2.94. The van der Waals surface area contributed by atoms with Gasteiger partial charge in [-0.3, -0.25) is 4.90 Å². The van der Waals surface area contributed by atoms with E-state index < -0.39 is 0 Å². The van der Waals surface area contributed by atoms with Crippen LogP contribution in [-0.2, 0) is 4.74 Å². The molecule has 0 aliphatic carbocycles. The van der Waals surface area contributed by atoms with Crippen LogP contribution in [-0.4, -0.2) is 72.9 Å². The van der Waals surface area contributed by atoms with Gasteiger partial charge in [0.05, 0.1) is 7.11 Å². The van der Waals surface area contributed by atoms with Crippen LogP contribution in [0, 0.1) is 0 Å². The number of urea groups is 1. The average molecular weight is 334 g/mol. The van der Waals surface area contributed by atoms with E-state index in [4.69, 9.17) is 9.47 Å². The highest BCUT2D eigenvalue weighted by Gasteiger charge is 2.31. The molecule has 132 valence electrons. The second-order valence-corrected chi connectivity index (χ2v) is 6.40. The van der Waals surface area contributed by atoms with Crippen molar-refractivity contribution < 1.29 is 14.3 Å². The molecule has 24 heavy (non-hydrogen) atoms. The Hall–Kier alpha value is -1.86. The SMILES string of the molecule is COc1cc(NC(=O)N2CCN(C3CCOCC3)C[C@H]2C)ccn1.